The lowest BCUT2D eigenvalue weighted by atomic mass is 10.3. The maximum atomic E-state index is 13.5. The van der Waals surface area contributed by atoms with Crippen molar-refractivity contribution >= 4 is 21.6 Å². The molecule has 0 aliphatic heterocycles. The third kappa shape index (κ3) is 2.66. The van der Waals surface area contributed by atoms with Crippen LogP contribution in [-0.2, 0) is 13.1 Å². The van der Waals surface area contributed by atoms with Gasteiger partial charge in [-0.15, -0.1) is 0 Å². The summed E-state index contributed by atoms with van der Waals surface area (Å²) in [7, 11) is 0. The molecule has 2 aromatic rings. The molecule has 1 heterocycles. The van der Waals surface area contributed by atoms with E-state index in [0.29, 0.717) is 12.2 Å². The average Bonchev–Trinajstić information content (AvgIpc) is 2.76. The van der Waals surface area contributed by atoms with E-state index in [4.69, 9.17) is 0 Å². The van der Waals surface area contributed by atoms with E-state index in [-0.39, 0.29) is 5.82 Å². The van der Waals surface area contributed by atoms with E-state index < -0.39 is 0 Å². The molecule has 1 aromatic carbocycles. The van der Waals surface area contributed by atoms with E-state index >= 15 is 0 Å². The van der Waals surface area contributed by atoms with Crippen LogP contribution in [0.1, 0.15) is 12.6 Å². The molecule has 0 radical (unpaired) electrons. The molecule has 0 unspecified atom stereocenters. The first kappa shape index (κ1) is 12.1. The van der Waals surface area contributed by atoms with E-state index in [0.717, 1.165) is 16.7 Å². The highest BCUT2D eigenvalue weighted by Crippen LogP contribution is 2.25. The Kier molecular flexibility index (Phi) is 3.78. The molecular formula is C12H13BrFN3. The number of benzene rings is 1. The minimum absolute atomic E-state index is 0.262. The highest BCUT2D eigenvalue weighted by Gasteiger charge is 2.07. The molecule has 0 saturated carbocycles. The second kappa shape index (κ2) is 5.31. The number of halogens is 2. The topological polar surface area (TPSA) is 29.9 Å². The number of para-hydroxylation sites is 1. The molecule has 0 atom stereocenters. The number of nitrogens with one attached hydrogen (secondary N) is 1. The van der Waals surface area contributed by atoms with Gasteiger partial charge in [0.25, 0.3) is 0 Å². The normalized spacial score (nSPS) is 10.5. The van der Waals surface area contributed by atoms with Crippen LogP contribution in [0.4, 0.5) is 10.1 Å². The molecule has 0 aliphatic rings. The highest BCUT2D eigenvalue weighted by molar-refractivity contribution is 9.10. The minimum Gasteiger partial charge on any atom is -0.376 e. The molecule has 5 heteroatoms. The maximum absolute atomic E-state index is 13.5. The van der Waals surface area contributed by atoms with Gasteiger partial charge in [-0.3, -0.25) is 0 Å². The number of hydrogen-bond donors (Lipinski definition) is 1. The van der Waals surface area contributed by atoms with Crippen molar-refractivity contribution in [2.45, 2.75) is 20.0 Å². The summed E-state index contributed by atoms with van der Waals surface area (Å²) in [5.74, 6) is -0.262. The van der Waals surface area contributed by atoms with E-state index in [1.54, 1.807) is 18.6 Å². The minimum atomic E-state index is -0.262. The second-order valence-corrected chi connectivity index (χ2v) is 4.48. The van der Waals surface area contributed by atoms with E-state index in [9.17, 15) is 4.39 Å². The Hall–Kier alpha value is -1.36. The zero-order chi connectivity index (χ0) is 12.3. The smallest absolute Gasteiger partial charge is 0.147 e. The first-order valence-corrected chi connectivity index (χ1v) is 6.18. The van der Waals surface area contributed by atoms with Crippen LogP contribution >= 0.6 is 15.9 Å². The van der Waals surface area contributed by atoms with Gasteiger partial charge in [0, 0.05) is 17.2 Å². The van der Waals surface area contributed by atoms with Crippen LogP contribution in [0.2, 0.25) is 0 Å². The van der Waals surface area contributed by atoms with Crippen LogP contribution in [-0.4, -0.2) is 9.55 Å². The average molecular weight is 298 g/mol. The monoisotopic (exact) mass is 297 g/mol. The van der Waals surface area contributed by atoms with Crippen LogP contribution in [0.15, 0.2) is 35.2 Å². The lowest BCUT2D eigenvalue weighted by molar-refractivity contribution is 0.628. The molecule has 0 fully saturated rings. The summed E-state index contributed by atoms with van der Waals surface area (Å²) < 4.78 is 16.3. The number of nitrogens with zero attached hydrogens (tertiary/aromatic N) is 2. The van der Waals surface area contributed by atoms with Crippen molar-refractivity contribution in [2.24, 2.45) is 0 Å². The van der Waals surface area contributed by atoms with Crippen LogP contribution in [0.3, 0.4) is 0 Å². The summed E-state index contributed by atoms with van der Waals surface area (Å²) in [6, 6.07) is 4.91. The lowest BCUT2D eigenvalue weighted by Crippen LogP contribution is -2.07. The van der Waals surface area contributed by atoms with E-state index in [2.05, 4.69) is 26.2 Å². The molecule has 17 heavy (non-hydrogen) atoms. The van der Waals surface area contributed by atoms with Gasteiger partial charge in [0.1, 0.15) is 5.82 Å². The van der Waals surface area contributed by atoms with Crippen LogP contribution in [0.5, 0.6) is 0 Å². The van der Waals surface area contributed by atoms with Gasteiger partial charge in [0.2, 0.25) is 0 Å². The number of anilines is 1. The summed E-state index contributed by atoms with van der Waals surface area (Å²) >= 11 is 3.32. The zero-order valence-corrected chi connectivity index (χ0v) is 11.0. The molecule has 0 aliphatic carbocycles. The van der Waals surface area contributed by atoms with Crippen molar-refractivity contribution in [1.82, 2.24) is 9.55 Å². The summed E-state index contributed by atoms with van der Waals surface area (Å²) in [6.07, 6.45) is 3.55. The zero-order valence-electron chi connectivity index (χ0n) is 9.45. The summed E-state index contributed by atoms with van der Waals surface area (Å²) in [4.78, 5) is 4.07. The van der Waals surface area contributed by atoms with Gasteiger partial charge < -0.3 is 9.88 Å². The number of aromatic nitrogens is 2. The van der Waals surface area contributed by atoms with Crippen molar-refractivity contribution in [2.75, 3.05) is 5.32 Å². The van der Waals surface area contributed by atoms with Crippen molar-refractivity contribution in [3.05, 3.63) is 46.7 Å². The van der Waals surface area contributed by atoms with Gasteiger partial charge in [-0.2, -0.15) is 0 Å². The van der Waals surface area contributed by atoms with E-state index in [1.807, 2.05) is 17.6 Å². The van der Waals surface area contributed by atoms with Crippen LogP contribution in [0, 0.1) is 5.82 Å². The molecule has 0 spiro atoms. The Morgan fingerprint density at radius 3 is 3.00 bits per heavy atom. The van der Waals surface area contributed by atoms with E-state index in [1.165, 1.54) is 6.07 Å². The number of rotatable bonds is 4. The maximum Gasteiger partial charge on any atom is 0.147 e. The summed E-state index contributed by atoms with van der Waals surface area (Å²) in [5.41, 5.74) is 1.51. The molecule has 1 aromatic heterocycles. The van der Waals surface area contributed by atoms with Gasteiger partial charge in [-0.1, -0.05) is 6.07 Å². The molecule has 0 amide bonds. The third-order valence-corrected chi connectivity index (χ3v) is 3.21. The predicted molar refractivity (Wildman–Crippen MR) is 69.3 cm³/mol. The third-order valence-electron chi connectivity index (χ3n) is 2.55. The van der Waals surface area contributed by atoms with Crippen LogP contribution < -0.4 is 5.32 Å². The van der Waals surface area contributed by atoms with Gasteiger partial charge in [-0.05, 0) is 35.0 Å². The molecule has 2 rings (SSSR count). The Morgan fingerprint density at radius 1 is 1.47 bits per heavy atom. The van der Waals surface area contributed by atoms with Crippen molar-refractivity contribution in [3.63, 3.8) is 0 Å². The number of aryl methyl sites for hydroxylation is 1. The quantitative estimate of drug-likeness (QED) is 0.937. The fraction of sp³-hybridized carbons (Fsp3) is 0.250. The van der Waals surface area contributed by atoms with Gasteiger partial charge in [0.15, 0.2) is 0 Å². The molecular weight excluding hydrogens is 285 g/mol. The Balaban J connectivity index is 2.13. The van der Waals surface area contributed by atoms with Gasteiger partial charge in [0.05, 0.1) is 24.3 Å². The molecule has 0 bridgehead atoms. The SMILES string of the molecule is CCn1cncc1CNc1c(F)cccc1Br. The molecule has 0 saturated heterocycles. The Bertz CT molecular complexity index is 490. The molecule has 3 nitrogen and oxygen atoms in total. The van der Waals surface area contributed by atoms with Gasteiger partial charge in [-0.25, -0.2) is 9.37 Å². The van der Waals surface area contributed by atoms with Crippen LogP contribution in [0.25, 0.3) is 0 Å². The van der Waals surface area contributed by atoms with Crippen molar-refractivity contribution in [1.29, 1.82) is 0 Å². The molecule has 90 valence electrons. The second-order valence-electron chi connectivity index (χ2n) is 3.62. The first-order chi connectivity index (χ1) is 8.22. The van der Waals surface area contributed by atoms with Gasteiger partial charge >= 0.3 is 0 Å². The van der Waals surface area contributed by atoms with Crippen molar-refractivity contribution in [3.8, 4) is 0 Å². The lowest BCUT2D eigenvalue weighted by Gasteiger charge is -2.10. The summed E-state index contributed by atoms with van der Waals surface area (Å²) in [6.45, 7) is 3.45. The standard InChI is InChI=1S/C12H13BrFN3/c1-2-17-8-15-6-9(17)7-16-12-10(13)4-3-5-11(12)14/h3-6,8,16H,2,7H2,1H3. The number of hydrogen-bond acceptors (Lipinski definition) is 2. The number of imidazole rings is 1. The Morgan fingerprint density at radius 2 is 2.29 bits per heavy atom. The predicted octanol–water partition coefficient (Wildman–Crippen LogP) is 3.42. The first-order valence-electron chi connectivity index (χ1n) is 5.39. The van der Waals surface area contributed by atoms with Crippen molar-refractivity contribution < 1.29 is 4.39 Å². The Labute approximate surface area is 108 Å². The summed E-state index contributed by atoms with van der Waals surface area (Å²) in [5, 5.41) is 3.08. The molecule has 1 N–H and O–H groups in total. The fourth-order valence-electron chi connectivity index (χ4n) is 1.63. The fourth-order valence-corrected chi connectivity index (χ4v) is 2.11. The highest BCUT2D eigenvalue weighted by atomic mass is 79.9. The largest absolute Gasteiger partial charge is 0.376 e.